The van der Waals surface area contributed by atoms with Crippen LogP contribution < -0.4 is 10.5 Å². The van der Waals surface area contributed by atoms with Crippen molar-refractivity contribution in [2.45, 2.75) is 49.3 Å². The monoisotopic (exact) mass is 347 g/mol. The Morgan fingerprint density at radius 1 is 1.50 bits per heavy atom. The lowest BCUT2D eigenvalue weighted by Crippen LogP contribution is -2.54. The van der Waals surface area contributed by atoms with Gasteiger partial charge >= 0.3 is 0 Å². The molecule has 2 rings (SSSR count). The Balaban J connectivity index is 1.97. The first-order chi connectivity index (χ1) is 11.4. The molecule has 1 aliphatic heterocycles. The minimum Gasteiger partial charge on any atom is -0.497 e. The number of nitrogens with two attached hydrogens (primary N) is 1. The fraction of sp³-hybridized carbons (Fsp3) is 0.556. The molecule has 1 saturated heterocycles. The first-order valence-corrected chi connectivity index (χ1v) is 9.10. The Morgan fingerprint density at radius 3 is 2.75 bits per heavy atom. The van der Waals surface area contributed by atoms with E-state index >= 15 is 0 Å². The maximum atomic E-state index is 12.7. The summed E-state index contributed by atoms with van der Waals surface area (Å²) in [5.41, 5.74) is 7.42. The van der Waals surface area contributed by atoms with Crippen molar-refractivity contribution in [2.24, 2.45) is 5.73 Å². The van der Waals surface area contributed by atoms with Crippen LogP contribution in [0.5, 0.6) is 5.75 Å². The van der Waals surface area contributed by atoms with Crippen LogP contribution >= 0.6 is 11.8 Å². The molecule has 1 unspecified atom stereocenters. The Kier molecular flexibility index (Phi) is 6.14. The predicted molar refractivity (Wildman–Crippen MR) is 96.7 cm³/mol. The Morgan fingerprint density at radius 2 is 2.17 bits per heavy atom. The number of hydrogen-bond donors (Lipinski definition) is 1. The van der Waals surface area contributed by atoms with Gasteiger partial charge < -0.3 is 15.4 Å². The standard InChI is InChI=1S/C18H25N3O2S/c1-18(2,24-12-13-6-8-15(23-3)9-7-13)16(20)17(22)21-10-4-5-14(21)11-19/h6-9,14,16H,4-5,10,12,20H2,1-3H3/t14?,16-/m1/s1. The molecule has 0 bridgehead atoms. The first kappa shape index (κ1) is 18.6. The first-order valence-electron chi connectivity index (χ1n) is 8.11. The molecule has 6 heteroatoms. The number of likely N-dealkylation sites (tertiary alicyclic amines) is 1. The van der Waals surface area contributed by atoms with Crippen LogP contribution in [-0.2, 0) is 10.5 Å². The van der Waals surface area contributed by atoms with E-state index in [-0.39, 0.29) is 11.9 Å². The molecule has 24 heavy (non-hydrogen) atoms. The SMILES string of the molecule is COc1ccc(CSC(C)(C)[C@H](N)C(=O)N2CCCC2C#N)cc1. The van der Waals surface area contributed by atoms with Gasteiger partial charge in [0.05, 0.1) is 19.2 Å². The number of benzene rings is 1. The smallest absolute Gasteiger partial charge is 0.241 e. The number of thioether (sulfide) groups is 1. The van der Waals surface area contributed by atoms with Crippen LogP contribution in [0.3, 0.4) is 0 Å². The van der Waals surface area contributed by atoms with E-state index in [1.807, 2.05) is 38.1 Å². The van der Waals surface area contributed by atoms with Crippen molar-refractivity contribution >= 4 is 17.7 Å². The maximum absolute atomic E-state index is 12.7. The number of nitriles is 1. The van der Waals surface area contributed by atoms with Crippen molar-refractivity contribution in [1.29, 1.82) is 5.26 Å². The van der Waals surface area contributed by atoms with Crippen molar-refractivity contribution in [3.63, 3.8) is 0 Å². The highest BCUT2D eigenvalue weighted by Crippen LogP contribution is 2.32. The van der Waals surface area contributed by atoms with E-state index in [2.05, 4.69) is 6.07 Å². The second-order valence-corrected chi connectivity index (χ2v) is 8.17. The highest BCUT2D eigenvalue weighted by molar-refractivity contribution is 7.99. The minimum atomic E-state index is -0.630. The van der Waals surface area contributed by atoms with Crippen molar-refractivity contribution in [3.05, 3.63) is 29.8 Å². The van der Waals surface area contributed by atoms with Crippen LogP contribution in [-0.4, -0.2) is 41.3 Å². The third-order valence-electron chi connectivity index (χ3n) is 4.47. The van der Waals surface area contributed by atoms with Gasteiger partial charge in [-0.05, 0) is 44.4 Å². The molecule has 0 aliphatic carbocycles. The van der Waals surface area contributed by atoms with Crippen LogP contribution in [0.4, 0.5) is 0 Å². The number of amides is 1. The van der Waals surface area contributed by atoms with Crippen LogP contribution in [0.25, 0.3) is 0 Å². The van der Waals surface area contributed by atoms with E-state index in [9.17, 15) is 4.79 Å². The fourth-order valence-corrected chi connectivity index (χ4v) is 3.73. The topological polar surface area (TPSA) is 79.3 Å². The quantitative estimate of drug-likeness (QED) is 0.855. The van der Waals surface area contributed by atoms with Gasteiger partial charge in [-0.1, -0.05) is 12.1 Å². The summed E-state index contributed by atoms with van der Waals surface area (Å²) in [5.74, 6) is 1.47. The summed E-state index contributed by atoms with van der Waals surface area (Å²) in [4.78, 5) is 14.3. The number of rotatable bonds is 6. The van der Waals surface area contributed by atoms with E-state index in [1.165, 1.54) is 0 Å². The van der Waals surface area contributed by atoms with E-state index in [1.54, 1.807) is 23.8 Å². The molecule has 2 atom stereocenters. The molecule has 1 heterocycles. The molecular weight excluding hydrogens is 322 g/mol. The summed E-state index contributed by atoms with van der Waals surface area (Å²) in [6.07, 6.45) is 1.62. The lowest BCUT2D eigenvalue weighted by molar-refractivity contribution is -0.133. The van der Waals surface area contributed by atoms with Crippen molar-refractivity contribution < 1.29 is 9.53 Å². The molecule has 1 aromatic rings. The van der Waals surface area contributed by atoms with Crippen LogP contribution in [0, 0.1) is 11.3 Å². The van der Waals surface area contributed by atoms with E-state index in [0.29, 0.717) is 6.54 Å². The molecule has 1 aliphatic rings. The average Bonchev–Trinajstić information content (AvgIpc) is 3.07. The average molecular weight is 347 g/mol. The fourth-order valence-electron chi connectivity index (χ4n) is 2.72. The molecular formula is C18H25N3O2S. The Hall–Kier alpha value is -1.71. The number of methoxy groups -OCH3 is 1. The second-order valence-electron chi connectivity index (χ2n) is 6.54. The Bertz CT molecular complexity index is 610. The molecule has 1 aromatic carbocycles. The zero-order valence-electron chi connectivity index (χ0n) is 14.5. The van der Waals surface area contributed by atoms with Crippen molar-refractivity contribution in [3.8, 4) is 11.8 Å². The zero-order chi connectivity index (χ0) is 17.7. The van der Waals surface area contributed by atoms with Gasteiger partial charge in [0, 0.05) is 17.0 Å². The molecule has 0 aromatic heterocycles. The molecule has 0 saturated carbocycles. The van der Waals surface area contributed by atoms with Crippen LogP contribution in [0.1, 0.15) is 32.3 Å². The molecule has 1 amide bonds. The van der Waals surface area contributed by atoms with Gasteiger partial charge in [-0.25, -0.2) is 0 Å². The van der Waals surface area contributed by atoms with Gasteiger partial charge in [0.15, 0.2) is 0 Å². The van der Waals surface area contributed by atoms with Gasteiger partial charge in [-0.3, -0.25) is 4.79 Å². The van der Waals surface area contributed by atoms with Gasteiger partial charge in [-0.15, -0.1) is 11.8 Å². The molecule has 0 radical (unpaired) electrons. The maximum Gasteiger partial charge on any atom is 0.241 e. The molecule has 1 fully saturated rings. The minimum absolute atomic E-state index is 0.119. The summed E-state index contributed by atoms with van der Waals surface area (Å²) in [6.45, 7) is 4.60. The number of hydrogen-bond acceptors (Lipinski definition) is 5. The lowest BCUT2D eigenvalue weighted by Gasteiger charge is -2.33. The van der Waals surface area contributed by atoms with Crippen molar-refractivity contribution in [2.75, 3.05) is 13.7 Å². The highest BCUT2D eigenvalue weighted by Gasteiger charge is 2.39. The third kappa shape index (κ3) is 4.22. The summed E-state index contributed by atoms with van der Waals surface area (Å²) in [6, 6.07) is 9.13. The number of nitrogens with zero attached hydrogens (tertiary/aromatic N) is 2. The molecule has 2 N–H and O–H groups in total. The summed E-state index contributed by atoms with van der Waals surface area (Å²) in [7, 11) is 1.64. The number of ether oxygens (including phenoxy) is 1. The summed E-state index contributed by atoms with van der Waals surface area (Å²) in [5, 5.41) is 9.16. The van der Waals surface area contributed by atoms with Gasteiger partial charge in [0.25, 0.3) is 0 Å². The Labute approximate surface area is 148 Å². The predicted octanol–water partition coefficient (Wildman–Crippen LogP) is 2.55. The summed E-state index contributed by atoms with van der Waals surface area (Å²) < 4.78 is 4.74. The van der Waals surface area contributed by atoms with E-state index in [4.69, 9.17) is 15.7 Å². The van der Waals surface area contributed by atoms with Crippen LogP contribution in [0.2, 0.25) is 0 Å². The van der Waals surface area contributed by atoms with E-state index < -0.39 is 10.8 Å². The van der Waals surface area contributed by atoms with Crippen molar-refractivity contribution in [1.82, 2.24) is 4.90 Å². The normalized spacial score (nSPS) is 19.0. The summed E-state index contributed by atoms with van der Waals surface area (Å²) >= 11 is 1.65. The van der Waals surface area contributed by atoms with Gasteiger partial charge in [0.1, 0.15) is 11.8 Å². The zero-order valence-corrected chi connectivity index (χ0v) is 15.3. The number of carbonyl (C=O) groups excluding carboxylic acids is 1. The molecule has 5 nitrogen and oxygen atoms in total. The molecule has 130 valence electrons. The van der Waals surface area contributed by atoms with E-state index in [0.717, 1.165) is 29.9 Å². The van der Waals surface area contributed by atoms with Gasteiger partial charge in [-0.2, -0.15) is 5.26 Å². The highest BCUT2D eigenvalue weighted by atomic mass is 32.2. The number of carbonyl (C=O) groups is 1. The third-order valence-corrected chi connectivity index (χ3v) is 5.95. The van der Waals surface area contributed by atoms with Gasteiger partial charge in [0.2, 0.25) is 5.91 Å². The largest absolute Gasteiger partial charge is 0.497 e. The second kappa shape index (κ2) is 7.91. The lowest BCUT2D eigenvalue weighted by atomic mass is 10.0. The van der Waals surface area contributed by atoms with Crippen LogP contribution in [0.15, 0.2) is 24.3 Å². The molecule has 0 spiro atoms.